The molecule has 1 saturated carbocycles. The van der Waals surface area contributed by atoms with Crippen LogP contribution in [0, 0.1) is 29.1 Å². The van der Waals surface area contributed by atoms with Gasteiger partial charge in [-0.05, 0) is 81.8 Å². The fourth-order valence-electron chi connectivity index (χ4n) is 7.96. The second kappa shape index (κ2) is 10.6. The minimum atomic E-state index is -1.51. The number of hydrogen-bond donors (Lipinski definition) is 0. The van der Waals surface area contributed by atoms with Gasteiger partial charge >= 0.3 is 5.97 Å². The number of hydrogen-bond acceptors (Lipinski definition) is 8. The zero-order chi connectivity index (χ0) is 31.7. The highest BCUT2D eigenvalue weighted by molar-refractivity contribution is 9.10. The number of anilines is 2. The summed E-state index contributed by atoms with van der Waals surface area (Å²) >= 11 is 3.79. The normalized spacial score (nSPS) is 30.6. The number of halogens is 1. The smallest absolute Gasteiger partial charge is 0.334 e. The molecule has 0 radical (unpaired) electrons. The Morgan fingerprint density at radius 1 is 0.705 bits per heavy atom. The highest BCUT2D eigenvalue weighted by Crippen LogP contribution is 2.72. The van der Waals surface area contributed by atoms with Gasteiger partial charge in [-0.3, -0.25) is 19.2 Å². The molecule has 4 amide bonds. The number of esters is 1. The van der Waals surface area contributed by atoms with Crippen molar-refractivity contribution in [2.24, 2.45) is 29.1 Å². The average Bonchev–Trinajstić information content (AvgIpc) is 3.43. The first-order valence-corrected chi connectivity index (χ1v) is 15.6. The van der Waals surface area contributed by atoms with Crippen LogP contribution < -0.4 is 19.3 Å². The molecule has 11 heteroatoms. The van der Waals surface area contributed by atoms with E-state index in [1.165, 1.54) is 0 Å². The Morgan fingerprint density at radius 2 is 1.09 bits per heavy atom. The third-order valence-corrected chi connectivity index (χ3v) is 11.2. The topological polar surface area (TPSA) is 120 Å². The fourth-order valence-corrected chi connectivity index (χ4v) is 9.07. The molecule has 230 valence electrons. The lowest BCUT2D eigenvalue weighted by atomic mass is 9.43. The van der Waals surface area contributed by atoms with Gasteiger partial charge in [0.1, 0.15) is 11.5 Å². The molecule has 0 N–H and O–H groups in total. The van der Waals surface area contributed by atoms with E-state index < -0.39 is 63.0 Å². The summed E-state index contributed by atoms with van der Waals surface area (Å²) in [7, 11) is 0. The van der Waals surface area contributed by atoms with Gasteiger partial charge in [0, 0.05) is 11.0 Å². The summed E-state index contributed by atoms with van der Waals surface area (Å²) in [6.45, 7) is 9.69. The zero-order valence-electron chi connectivity index (χ0n) is 25.1. The molecule has 6 atom stereocenters. The van der Waals surface area contributed by atoms with E-state index in [1.807, 2.05) is 13.8 Å². The van der Waals surface area contributed by atoms with Crippen molar-refractivity contribution < 1.29 is 38.2 Å². The molecule has 3 fully saturated rings. The number of allylic oxidation sites excluding steroid dienone is 1. The molecule has 2 saturated heterocycles. The van der Waals surface area contributed by atoms with E-state index in [0.717, 1.165) is 9.80 Å². The number of benzene rings is 2. The van der Waals surface area contributed by atoms with Gasteiger partial charge in [0.25, 0.3) is 0 Å². The van der Waals surface area contributed by atoms with Crippen molar-refractivity contribution >= 4 is 56.9 Å². The van der Waals surface area contributed by atoms with Gasteiger partial charge in [0.15, 0.2) is 0 Å². The van der Waals surface area contributed by atoms with Crippen LogP contribution in [0.4, 0.5) is 11.4 Å². The highest BCUT2D eigenvalue weighted by atomic mass is 79.9. The zero-order valence-corrected chi connectivity index (χ0v) is 26.7. The third kappa shape index (κ3) is 3.80. The first kappa shape index (κ1) is 30.1. The summed E-state index contributed by atoms with van der Waals surface area (Å²) in [4.78, 5) is 73.4. The summed E-state index contributed by atoms with van der Waals surface area (Å²) in [5.41, 5.74) is -0.258. The average molecular weight is 666 g/mol. The van der Waals surface area contributed by atoms with Gasteiger partial charge in [-0.1, -0.05) is 22.9 Å². The Bertz CT molecular complexity index is 1520. The number of nitrogens with zero attached hydrogens (tertiary/aromatic N) is 2. The number of alkyl halides is 1. The summed E-state index contributed by atoms with van der Waals surface area (Å²) in [6, 6.07) is 13.2. The molecule has 2 heterocycles. The minimum Gasteiger partial charge on any atom is -0.494 e. The van der Waals surface area contributed by atoms with Crippen LogP contribution in [-0.4, -0.2) is 53.7 Å². The van der Waals surface area contributed by atoms with E-state index >= 15 is 0 Å². The lowest BCUT2D eigenvalue weighted by molar-refractivity contribution is -0.152. The van der Waals surface area contributed by atoms with Gasteiger partial charge in [-0.15, -0.1) is 0 Å². The monoisotopic (exact) mass is 664 g/mol. The third-order valence-electron chi connectivity index (χ3n) is 9.59. The quantitative estimate of drug-likeness (QED) is 0.231. The maximum absolute atomic E-state index is 14.4. The summed E-state index contributed by atoms with van der Waals surface area (Å²) in [5.74, 6) is -5.92. The molecule has 0 aromatic heterocycles. The van der Waals surface area contributed by atoms with E-state index in [4.69, 9.17) is 14.2 Å². The predicted octanol–water partition coefficient (Wildman–Crippen LogP) is 4.44. The first-order valence-electron chi connectivity index (χ1n) is 14.8. The Hall–Kier alpha value is -3.99. The minimum absolute atomic E-state index is 0.0690. The van der Waals surface area contributed by atoms with E-state index in [9.17, 15) is 24.0 Å². The molecule has 2 unspecified atom stereocenters. The lowest BCUT2D eigenvalue weighted by Crippen LogP contribution is -2.67. The van der Waals surface area contributed by atoms with Crippen molar-refractivity contribution in [1.82, 2.24) is 0 Å². The van der Waals surface area contributed by atoms with Crippen LogP contribution in [-0.2, 0) is 28.7 Å². The second-order valence-corrected chi connectivity index (χ2v) is 12.9. The van der Waals surface area contributed by atoms with Gasteiger partial charge < -0.3 is 14.2 Å². The van der Waals surface area contributed by atoms with E-state index in [-0.39, 0.29) is 12.2 Å². The van der Waals surface area contributed by atoms with Crippen LogP contribution >= 0.6 is 15.9 Å². The van der Waals surface area contributed by atoms with Crippen LogP contribution in [0.2, 0.25) is 0 Å². The Balaban J connectivity index is 1.51. The number of amides is 4. The number of carbonyl (C=O) groups is 5. The Labute approximate surface area is 263 Å². The van der Waals surface area contributed by atoms with Crippen molar-refractivity contribution in [1.29, 1.82) is 0 Å². The van der Waals surface area contributed by atoms with Crippen molar-refractivity contribution in [2.45, 2.75) is 38.9 Å². The van der Waals surface area contributed by atoms with Gasteiger partial charge in [0.2, 0.25) is 23.6 Å². The van der Waals surface area contributed by atoms with Gasteiger partial charge in [-0.2, -0.15) is 0 Å². The molecule has 5 aliphatic rings. The molecule has 44 heavy (non-hydrogen) atoms. The van der Waals surface area contributed by atoms with Crippen molar-refractivity contribution in [3.05, 3.63) is 59.7 Å². The standard InChI is InChI=1S/C33H33BrN2O8/c1-6-42-20-13-9-18(10-14-20)35-27(37)23-25(29(35)39)33(34)17(4)22(31(41)44-8-3)32(23,5)24-26(33)30(40)36(28(24)38)19-11-15-21(16-12-19)43-7-2/h9-16,23-26H,6-8H2,1-5H3/t23-,24-,25-,26+,32?,33?/m1/s1. The molecular formula is C33H33BrN2O8. The molecule has 2 aromatic rings. The highest BCUT2D eigenvalue weighted by Gasteiger charge is 2.81. The summed E-state index contributed by atoms with van der Waals surface area (Å²) in [5, 5.41) is 0. The maximum Gasteiger partial charge on any atom is 0.334 e. The molecule has 7 rings (SSSR count). The van der Waals surface area contributed by atoms with Crippen molar-refractivity contribution in [3.63, 3.8) is 0 Å². The molecule has 2 aliphatic heterocycles. The largest absolute Gasteiger partial charge is 0.494 e. The Kier molecular flexibility index (Phi) is 7.22. The molecule has 10 nitrogen and oxygen atoms in total. The Morgan fingerprint density at radius 3 is 1.45 bits per heavy atom. The lowest BCUT2D eigenvalue weighted by Gasteiger charge is -2.59. The number of rotatable bonds is 8. The first-order chi connectivity index (χ1) is 21.0. The van der Waals surface area contributed by atoms with E-state index in [2.05, 4.69) is 15.9 Å². The molecule has 3 aliphatic carbocycles. The van der Waals surface area contributed by atoms with Gasteiger partial charge in [-0.25, -0.2) is 14.6 Å². The molecule has 0 spiro atoms. The molecular weight excluding hydrogens is 632 g/mol. The van der Waals surface area contributed by atoms with E-state index in [1.54, 1.807) is 69.3 Å². The van der Waals surface area contributed by atoms with Crippen LogP contribution in [0.3, 0.4) is 0 Å². The number of ether oxygens (including phenoxy) is 3. The second-order valence-electron chi connectivity index (χ2n) is 11.6. The van der Waals surface area contributed by atoms with Gasteiger partial charge in [0.05, 0.1) is 59.2 Å². The summed E-state index contributed by atoms with van der Waals surface area (Å²) in [6.07, 6.45) is 0. The number of carbonyl (C=O) groups excluding carboxylic acids is 5. The fraction of sp³-hybridized carbons (Fsp3) is 0.424. The maximum atomic E-state index is 14.4. The summed E-state index contributed by atoms with van der Waals surface area (Å²) < 4.78 is 15.0. The van der Waals surface area contributed by atoms with Crippen molar-refractivity contribution in [3.8, 4) is 11.5 Å². The molecule has 2 bridgehead atoms. The van der Waals surface area contributed by atoms with E-state index in [0.29, 0.717) is 41.7 Å². The van der Waals surface area contributed by atoms with Crippen LogP contribution in [0.15, 0.2) is 59.7 Å². The van der Waals surface area contributed by atoms with Crippen LogP contribution in [0.1, 0.15) is 34.6 Å². The molecule has 2 aromatic carbocycles. The van der Waals surface area contributed by atoms with Crippen molar-refractivity contribution in [2.75, 3.05) is 29.6 Å². The SMILES string of the molecule is CCOC(=O)C1=C(C)C2(Br)[C@@H]3C(=O)N(c4ccc(OCC)cc4)C(=O)[C@@H]3C1(C)[C@H]1C(=O)N(c3ccc(OCC)cc3)C(=O)[C@@H]12. The predicted molar refractivity (Wildman–Crippen MR) is 163 cm³/mol. The van der Waals surface area contributed by atoms with Crippen LogP contribution in [0.25, 0.3) is 0 Å². The number of imide groups is 2. The van der Waals surface area contributed by atoms with Crippen LogP contribution in [0.5, 0.6) is 11.5 Å².